The van der Waals surface area contributed by atoms with E-state index in [0.717, 1.165) is 23.3 Å². The molecule has 2 amide bonds. The summed E-state index contributed by atoms with van der Waals surface area (Å²) >= 11 is 0. The number of hydrogen-bond donors (Lipinski definition) is 0. The van der Waals surface area contributed by atoms with Gasteiger partial charge in [-0.25, -0.2) is 0 Å². The molecule has 1 saturated heterocycles. The van der Waals surface area contributed by atoms with Gasteiger partial charge in [-0.15, -0.1) is 0 Å². The second-order valence-electron chi connectivity index (χ2n) is 9.00. The number of anilines is 1. The molecule has 33 heavy (non-hydrogen) atoms. The van der Waals surface area contributed by atoms with Crippen molar-refractivity contribution in [2.24, 2.45) is 23.7 Å². The quantitative estimate of drug-likeness (QED) is 0.501. The minimum Gasteiger partial charge on any atom is -0.494 e. The molecule has 4 nitrogen and oxygen atoms in total. The van der Waals surface area contributed by atoms with E-state index in [0.29, 0.717) is 12.3 Å². The highest BCUT2D eigenvalue weighted by Crippen LogP contribution is 2.63. The molecule has 0 radical (unpaired) electrons. The van der Waals surface area contributed by atoms with Crippen LogP contribution < -0.4 is 9.64 Å². The number of carbonyl (C=O) groups excluding carboxylic acids is 2. The van der Waals surface area contributed by atoms with Crippen molar-refractivity contribution < 1.29 is 14.3 Å². The molecule has 6 rings (SSSR count). The van der Waals surface area contributed by atoms with Crippen LogP contribution in [0.15, 0.2) is 84.9 Å². The first kappa shape index (κ1) is 20.0. The lowest BCUT2D eigenvalue weighted by molar-refractivity contribution is -0.123. The van der Waals surface area contributed by atoms with E-state index in [1.54, 1.807) is 0 Å². The number of rotatable bonds is 5. The highest BCUT2D eigenvalue weighted by molar-refractivity contribution is 6.24. The highest BCUT2D eigenvalue weighted by atomic mass is 16.5. The van der Waals surface area contributed by atoms with E-state index in [9.17, 15) is 9.59 Å². The Labute approximate surface area is 193 Å². The van der Waals surface area contributed by atoms with Crippen molar-refractivity contribution in [2.75, 3.05) is 11.5 Å². The maximum Gasteiger partial charge on any atom is 0.238 e. The Morgan fingerprint density at radius 1 is 0.727 bits per heavy atom. The Bertz CT molecular complexity index is 1170. The van der Waals surface area contributed by atoms with E-state index in [2.05, 4.69) is 24.3 Å². The Morgan fingerprint density at radius 2 is 1.21 bits per heavy atom. The Balaban J connectivity index is 1.43. The first-order valence-corrected chi connectivity index (χ1v) is 11.6. The Hall–Kier alpha value is -3.66. The molecular weight excluding hydrogens is 410 g/mol. The van der Waals surface area contributed by atoms with E-state index >= 15 is 0 Å². The van der Waals surface area contributed by atoms with Gasteiger partial charge in [0.15, 0.2) is 0 Å². The van der Waals surface area contributed by atoms with Crippen molar-refractivity contribution in [3.05, 3.63) is 96.1 Å². The lowest BCUT2D eigenvalue weighted by Crippen LogP contribution is -2.32. The molecule has 164 valence electrons. The van der Waals surface area contributed by atoms with Crippen molar-refractivity contribution in [3.63, 3.8) is 0 Å². The summed E-state index contributed by atoms with van der Waals surface area (Å²) in [5.41, 5.74) is 5.42. The second-order valence-corrected chi connectivity index (χ2v) is 9.00. The maximum absolute atomic E-state index is 13.7. The average Bonchev–Trinajstić information content (AvgIpc) is 3.50. The second kappa shape index (κ2) is 7.73. The summed E-state index contributed by atoms with van der Waals surface area (Å²) < 4.78 is 5.53. The van der Waals surface area contributed by atoms with Crippen molar-refractivity contribution in [1.82, 2.24) is 0 Å². The standard InChI is InChI=1S/C29H25NO3/c1-2-33-21-15-13-20(14-16-21)30-28(31)26-22-17-23(27(26)29(30)32)25(19-11-7-4-8-12-19)24(22)18-9-5-3-6-10-18/h3-16,22-23,26-27H,2,17H2,1H3. The number of benzene rings is 3. The van der Waals surface area contributed by atoms with E-state index in [1.807, 2.05) is 67.6 Å². The van der Waals surface area contributed by atoms with Gasteiger partial charge < -0.3 is 4.74 Å². The molecule has 3 aliphatic rings. The van der Waals surface area contributed by atoms with Crippen LogP contribution in [0.1, 0.15) is 24.5 Å². The van der Waals surface area contributed by atoms with Gasteiger partial charge in [0.25, 0.3) is 0 Å². The molecule has 1 saturated carbocycles. The molecule has 2 bridgehead atoms. The molecule has 2 fully saturated rings. The summed E-state index contributed by atoms with van der Waals surface area (Å²) in [6.45, 7) is 2.50. The number of nitrogens with zero attached hydrogens (tertiary/aromatic N) is 1. The lowest BCUT2D eigenvalue weighted by atomic mass is 9.73. The Kier molecular flexibility index (Phi) is 4.68. The average molecular weight is 436 g/mol. The molecule has 4 heteroatoms. The van der Waals surface area contributed by atoms with Crippen LogP contribution in [-0.4, -0.2) is 18.4 Å². The lowest BCUT2D eigenvalue weighted by Gasteiger charge is -2.27. The predicted octanol–water partition coefficient (Wildman–Crippen LogP) is 5.45. The number of imide groups is 1. The number of hydrogen-bond acceptors (Lipinski definition) is 3. The van der Waals surface area contributed by atoms with Crippen molar-refractivity contribution in [3.8, 4) is 5.75 Å². The largest absolute Gasteiger partial charge is 0.494 e. The van der Waals surface area contributed by atoms with Crippen LogP contribution in [0.3, 0.4) is 0 Å². The molecule has 2 aliphatic carbocycles. The SMILES string of the molecule is CCOc1ccc(N2C(=O)C3C4CC(C(c5ccccc5)=C4c4ccccc4)C3C2=O)cc1. The zero-order valence-corrected chi connectivity index (χ0v) is 18.5. The van der Waals surface area contributed by atoms with Crippen molar-refractivity contribution in [2.45, 2.75) is 13.3 Å². The van der Waals surface area contributed by atoms with Crippen LogP contribution in [0.25, 0.3) is 11.1 Å². The molecule has 0 spiro atoms. The summed E-state index contributed by atoms with van der Waals surface area (Å²) in [4.78, 5) is 28.8. The first-order valence-electron chi connectivity index (χ1n) is 11.6. The molecule has 4 atom stereocenters. The third-order valence-corrected chi connectivity index (χ3v) is 7.38. The van der Waals surface area contributed by atoms with Crippen LogP contribution in [0.4, 0.5) is 5.69 Å². The van der Waals surface area contributed by atoms with Gasteiger partial charge in [0, 0.05) is 0 Å². The normalized spacial score (nSPS) is 25.7. The van der Waals surface area contributed by atoms with Gasteiger partial charge in [0.2, 0.25) is 11.8 Å². The fourth-order valence-corrected chi connectivity index (χ4v) is 6.21. The number of carbonyl (C=O) groups is 2. The summed E-state index contributed by atoms with van der Waals surface area (Å²) in [5.74, 6) is 0.126. The zero-order valence-electron chi connectivity index (χ0n) is 18.5. The van der Waals surface area contributed by atoms with Gasteiger partial charge in [-0.2, -0.15) is 0 Å². The van der Waals surface area contributed by atoms with E-state index < -0.39 is 0 Å². The van der Waals surface area contributed by atoms with Crippen molar-refractivity contribution in [1.29, 1.82) is 0 Å². The monoisotopic (exact) mass is 435 g/mol. The molecule has 1 heterocycles. The van der Waals surface area contributed by atoms with Crippen LogP contribution in [0, 0.1) is 23.7 Å². The minimum absolute atomic E-state index is 0.0572. The fourth-order valence-electron chi connectivity index (χ4n) is 6.21. The van der Waals surface area contributed by atoms with Gasteiger partial charge in [-0.3, -0.25) is 14.5 Å². The molecule has 3 aromatic rings. The van der Waals surface area contributed by atoms with Gasteiger partial charge >= 0.3 is 0 Å². The predicted molar refractivity (Wildman–Crippen MR) is 128 cm³/mol. The van der Waals surface area contributed by atoms with Gasteiger partial charge in [0.05, 0.1) is 24.1 Å². The third kappa shape index (κ3) is 2.97. The Morgan fingerprint density at radius 3 is 1.67 bits per heavy atom. The van der Waals surface area contributed by atoms with Gasteiger partial charge in [-0.05, 0) is 71.7 Å². The molecule has 0 aromatic heterocycles. The van der Waals surface area contributed by atoms with Crippen LogP contribution in [-0.2, 0) is 9.59 Å². The number of ether oxygens (including phenoxy) is 1. The maximum atomic E-state index is 13.7. The van der Waals surface area contributed by atoms with Crippen LogP contribution in [0.2, 0.25) is 0 Å². The van der Waals surface area contributed by atoms with Gasteiger partial charge in [-0.1, -0.05) is 60.7 Å². The van der Waals surface area contributed by atoms with E-state index in [4.69, 9.17) is 4.74 Å². The third-order valence-electron chi connectivity index (χ3n) is 7.38. The zero-order chi connectivity index (χ0) is 22.5. The molecular formula is C29H25NO3. The van der Waals surface area contributed by atoms with E-state index in [-0.39, 0.29) is 35.5 Å². The molecule has 3 aromatic carbocycles. The topological polar surface area (TPSA) is 46.6 Å². The fraction of sp³-hybridized carbons (Fsp3) is 0.241. The smallest absolute Gasteiger partial charge is 0.238 e. The first-order chi connectivity index (χ1) is 16.2. The number of allylic oxidation sites excluding steroid dienone is 2. The minimum atomic E-state index is -0.295. The molecule has 4 unspecified atom stereocenters. The number of amides is 2. The molecule has 1 aliphatic heterocycles. The van der Waals surface area contributed by atoms with E-state index in [1.165, 1.54) is 16.0 Å². The number of fused-ring (bicyclic) bond motifs is 5. The molecule has 0 N–H and O–H groups in total. The summed E-state index contributed by atoms with van der Waals surface area (Å²) in [7, 11) is 0. The van der Waals surface area contributed by atoms with Crippen LogP contribution in [0.5, 0.6) is 5.75 Å². The highest BCUT2D eigenvalue weighted by Gasteiger charge is 2.64. The summed E-state index contributed by atoms with van der Waals surface area (Å²) in [5, 5.41) is 0. The summed E-state index contributed by atoms with van der Waals surface area (Å²) in [6, 6.07) is 28.0. The van der Waals surface area contributed by atoms with Crippen molar-refractivity contribution >= 4 is 28.6 Å². The van der Waals surface area contributed by atoms with Gasteiger partial charge in [0.1, 0.15) is 5.75 Å². The van der Waals surface area contributed by atoms with Crippen LogP contribution >= 0.6 is 0 Å². The summed E-state index contributed by atoms with van der Waals surface area (Å²) in [6.07, 6.45) is 0.860.